The predicted octanol–water partition coefficient (Wildman–Crippen LogP) is 2.43. The fraction of sp³-hybridized carbons (Fsp3) is 0.312. The van der Waals surface area contributed by atoms with Gasteiger partial charge >= 0.3 is 5.97 Å². The molecule has 1 aliphatic rings. The summed E-state index contributed by atoms with van der Waals surface area (Å²) in [6, 6.07) is 4.41. The molecule has 0 saturated carbocycles. The number of nitrogens with one attached hydrogen (secondary N) is 1. The molecule has 1 unspecified atom stereocenters. The van der Waals surface area contributed by atoms with E-state index in [4.69, 9.17) is 14.6 Å². The van der Waals surface area contributed by atoms with Crippen molar-refractivity contribution in [1.82, 2.24) is 4.72 Å². The number of sulfonamides is 1. The number of carboxylic acid groups (broad SMARTS) is 1. The first-order valence-corrected chi connectivity index (χ1v) is 9.82. The summed E-state index contributed by atoms with van der Waals surface area (Å²) in [5.74, 6) is -0.0622. The van der Waals surface area contributed by atoms with E-state index in [1.165, 1.54) is 11.4 Å². The van der Waals surface area contributed by atoms with Crippen LogP contribution in [0.5, 0.6) is 11.5 Å². The molecule has 3 rings (SSSR count). The Kier molecular flexibility index (Phi) is 4.72. The summed E-state index contributed by atoms with van der Waals surface area (Å²) in [7, 11) is -0.860. The average molecular weight is 383 g/mol. The molecule has 0 fully saturated rings. The van der Waals surface area contributed by atoms with E-state index >= 15 is 0 Å². The van der Waals surface area contributed by atoms with Gasteiger partial charge in [0.2, 0.25) is 10.0 Å². The number of fused-ring (bicyclic) bond motifs is 1. The normalized spacial score (nSPS) is 16.5. The Balaban J connectivity index is 1.94. The standard InChI is InChI=1S/C16H17NO6S2/c1-22-12-6-4-9-10(14(12)23-2)3-5-11(9)17-25(20,21)13-7-8-24-15(13)16(18)19/h4,6-8,11,17H,3,5H2,1-2H3,(H,18,19). The van der Waals surface area contributed by atoms with E-state index in [1.807, 2.05) is 6.07 Å². The largest absolute Gasteiger partial charge is 0.493 e. The van der Waals surface area contributed by atoms with Crippen molar-refractivity contribution >= 4 is 27.3 Å². The number of ether oxygens (including phenoxy) is 2. The lowest BCUT2D eigenvalue weighted by atomic mass is 10.1. The van der Waals surface area contributed by atoms with Gasteiger partial charge in [-0.1, -0.05) is 6.07 Å². The highest BCUT2D eigenvalue weighted by atomic mass is 32.2. The van der Waals surface area contributed by atoms with Crippen LogP contribution in [0.15, 0.2) is 28.5 Å². The molecule has 0 aliphatic heterocycles. The van der Waals surface area contributed by atoms with Crippen LogP contribution in [0.3, 0.4) is 0 Å². The van der Waals surface area contributed by atoms with Crippen molar-refractivity contribution in [3.05, 3.63) is 39.6 Å². The average Bonchev–Trinajstić information content (AvgIpc) is 3.21. The first-order chi connectivity index (χ1) is 11.9. The molecule has 1 aromatic carbocycles. The molecular formula is C16H17NO6S2. The van der Waals surface area contributed by atoms with Crippen molar-refractivity contribution in [3.63, 3.8) is 0 Å². The van der Waals surface area contributed by atoms with Gasteiger partial charge in [-0.2, -0.15) is 0 Å². The molecule has 2 N–H and O–H groups in total. The number of hydrogen-bond donors (Lipinski definition) is 2. The first kappa shape index (κ1) is 17.7. The van der Waals surface area contributed by atoms with Gasteiger partial charge in [0.05, 0.1) is 14.2 Å². The minimum absolute atomic E-state index is 0.196. The van der Waals surface area contributed by atoms with Crippen LogP contribution in [-0.4, -0.2) is 33.7 Å². The maximum atomic E-state index is 12.6. The second-order valence-corrected chi connectivity index (χ2v) is 8.10. The lowest BCUT2D eigenvalue weighted by Gasteiger charge is -2.16. The smallest absolute Gasteiger partial charge is 0.347 e. The summed E-state index contributed by atoms with van der Waals surface area (Å²) in [5, 5.41) is 10.6. The van der Waals surface area contributed by atoms with Crippen LogP contribution in [0, 0.1) is 0 Å². The Labute approximate surface area is 149 Å². The van der Waals surface area contributed by atoms with Gasteiger partial charge in [-0.05, 0) is 35.9 Å². The van der Waals surface area contributed by atoms with Crippen LogP contribution in [0.1, 0.15) is 33.3 Å². The minimum Gasteiger partial charge on any atom is -0.493 e. The maximum Gasteiger partial charge on any atom is 0.347 e. The SMILES string of the molecule is COc1ccc2c(c1OC)CCC2NS(=O)(=O)c1ccsc1C(=O)O. The lowest BCUT2D eigenvalue weighted by molar-refractivity contribution is 0.0698. The summed E-state index contributed by atoms with van der Waals surface area (Å²) in [4.78, 5) is 10.8. The Morgan fingerprint density at radius 1 is 1.28 bits per heavy atom. The molecule has 0 amide bonds. The topological polar surface area (TPSA) is 102 Å². The Bertz CT molecular complexity index is 919. The van der Waals surface area contributed by atoms with E-state index in [9.17, 15) is 13.2 Å². The van der Waals surface area contributed by atoms with Crippen LogP contribution in [-0.2, 0) is 16.4 Å². The van der Waals surface area contributed by atoms with E-state index in [1.54, 1.807) is 20.3 Å². The zero-order chi connectivity index (χ0) is 18.2. The van der Waals surface area contributed by atoms with E-state index < -0.39 is 22.0 Å². The number of benzene rings is 1. The van der Waals surface area contributed by atoms with Gasteiger partial charge < -0.3 is 14.6 Å². The quantitative estimate of drug-likeness (QED) is 0.794. The van der Waals surface area contributed by atoms with Crippen molar-refractivity contribution in [1.29, 1.82) is 0 Å². The number of methoxy groups -OCH3 is 2. The number of carbonyl (C=O) groups is 1. The summed E-state index contributed by atoms with van der Waals surface area (Å²) in [5.41, 5.74) is 1.71. The third-order valence-corrected chi connectivity index (χ3v) is 6.70. The van der Waals surface area contributed by atoms with Gasteiger partial charge in [-0.25, -0.2) is 17.9 Å². The first-order valence-electron chi connectivity index (χ1n) is 7.46. The predicted molar refractivity (Wildman–Crippen MR) is 92.2 cm³/mol. The highest BCUT2D eigenvalue weighted by molar-refractivity contribution is 7.89. The molecule has 2 aromatic rings. The molecule has 134 valence electrons. The second-order valence-electron chi connectivity index (χ2n) is 5.50. The lowest BCUT2D eigenvalue weighted by Crippen LogP contribution is -2.28. The van der Waals surface area contributed by atoms with Crippen LogP contribution in [0.4, 0.5) is 0 Å². The number of thiophene rings is 1. The number of hydrogen-bond acceptors (Lipinski definition) is 6. The highest BCUT2D eigenvalue weighted by Crippen LogP contribution is 2.42. The molecule has 25 heavy (non-hydrogen) atoms. The number of carboxylic acids is 1. The molecule has 0 spiro atoms. The zero-order valence-electron chi connectivity index (χ0n) is 13.6. The summed E-state index contributed by atoms with van der Waals surface area (Å²) >= 11 is 0.884. The molecular weight excluding hydrogens is 366 g/mol. The zero-order valence-corrected chi connectivity index (χ0v) is 15.2. The second kappa shape index (κ2) is 6.66. The Morgan fingerprint density at radius 3 is 2.68 bits per heavy atom. The summed E-state index contributed by atoms with van der Waals surface area (Å²) < 4.78 is 38.6. The highest BCUT2D eigenvalue weighted by Gasteiger charge is 2.32. The van der Waals surface area contributed by atoms with Gasteiger partial charge in [0.15, 0.2) is 11.5 Å². The van der Waals surface area contributed by atoms with Crippen molar-refractivity contribution in [3.8, 4) is 11.5 Å². The molecule has 0 radical (unpaired) electrons. The van der Waals surface area contributed by atoms with E-state index in [-0.39, 0.29) is 9.77 Å². The van der Waals surface area contributed by atoms with Crippen LogP contribution in [0.25, 0.3) is 0 Å². The summed E-state index contributed by atoms with van der Waals surface area (Å²) in [6.07, 6.45) is 1.20. The van der Waals surface area contributed by atoms with Crippen LogP contribution >= 0.6 is 11.3 Å². The number of rotatable bonds is 6. The Morgan fingerprint density at radius 2 is 2.04 bits per heavy atom. The molecule has 0 saturated heterocycles. The summed E-state index contributed by atoms with van der Waals surface area (Å²) in [6.45, 7) is 0. The van der Waals surface area contributed by atoms with Crippen molar-refractivity contribution in [2.75, 3.05) is 14.2 Å². The van der Waals surface area contributed by atoms with Crippen LogP contribution < -0.4 is 14.2 Å². The maximum absolute atomic E-state index is 12.6. The van der Waals surface area contributed by atoms with Crippen LogP contribution in [0.2, 0.25) is 0 Å². The number of aromatic carboxylic acids is 1. The van der Waals surface area contributed by atoms with Gasteiger partial charge in [-0.3, -0.25) is 0 Å². The monoisotopic (exact) mass is 383 g/mol. The van der Waals surface area contributed by atoms with E-state index in [2.05, 4.69) is 4.72 Å². The molecule has 7 nitrogen and oxygen atoms in total. The van der Waals surface area contributed by atoms with E-state index in [0.29, 0.717) is 24.3 Å². The Hall–Kier alpha value is -2.10. The minimum atomic E-state index is -3.95. The fourth-order valence-corrected chi connectivity index (χ4v) is 5.58. The molecule has 1 heterocycles. The van der Waals surface area contributed by atoms with Gasteiger partial charge in [0.25, 0.3) is 0 Å². The molecule has 1 aliphatic carbocycles. The third kappa shape index (κ3) is 3.10. The molecule has 1 aromatic heterocycles. The molecule has 0 bridgehead atoms. The fourth-order valence-electron chi connectivity index (χ4n) is 3.07. The van der Waals surface area contributed by atoms with Crippen molar-refractivity contribution in [2.45, 2.75) is 23.8 Å². The van der Waals surface area contributed by atoms with Crippen molar-refractivity contribution < 1.29 is 27.8 Å². The van der Waals surface area contributed by atoms with E-state index in [0.717, 1.165) is 22.5 Å². The molecule has 1 atom stereocenters. The van der Waals surface area contributed by atoms with Gasteiger partial charge in [-0.15, -0.1) is 11.3 Å². The third-order valence-electron chi connectivity index (χ3n) is 4.15. The molecule has 9 heteroatoms. The van der Waals surface area contributed by atoms with Crippen molar-refractivity contribution in [2.24, 2.45) is 0 Å². The van der Waals surface area contributed by atoms with Gasteiger partial charge in [0.1, 0.15) is 9.77 Å². The van der Waals surface area contributed by atoms with Gasteiger partial charge in [0, 0.05) is 11.6 Å².